The van der Waals surface area contributed by atoms with E-state index in [-0.39, 0.29) is 0 Å². The summed E-state index contributed by atoms with van der Waals surface area (Å²) in [6.45, 7) is 7.15. The molecular formula is C19H28N6. The van der Waals surface area contributed by atoms with Crippen LogP contribution >= 0.6 is 0 Å². The lowest BCUT2D eigenvalue weighted by Gasteiger charge is -2.49. The molecule has 0 N–H and O–H groups in total. The Labute approximate surface area is 149 Å². The van der Waals surface area contributed by atoms with Gasteiger partial charge < -0.3 is 4.90 Å². The molecule has 0 bridgehead atoms. The van der Waals surface area contributed by atoms with Crippen LogP contribution in [0.15, 0.2) is 24.4 Å². The van der Waals surface area contributed by atoms with Crippen LogP contribution < -0.4 is 4.90 Å². The van der Waals surface area contributed by atoms with Gasteiger partial charge >= 0.3 is 0 Å². The summed E-state index contributed by atoms with van der Waals surface area (Å²) in [5.74, 6) is 0.993. The zero-order valence-electron chi connectivity index (χ0n) is 14.9. The lowest BCUT2D eigenvalue weighted by atomic mass is 9.93. The highest BCUT2D eigenvalue weighted by Crippen LogP contribution is 2.26. The number of aromatic nitrogens is 3. The van der Waals surface area contributed by atoms with Crippen molar-refractivity contribution in [2.75, 3.05) is 44.2 Å². The molecule has 1 aliphatic carbocycles. The quantitative estimate of drug-likeness (QED) is 0.853. The summed E-state index contributed by atoms with van der Waals surface area (Å²) in [4.78, 5) is 7.81. The number of fused-ring (bicyclic) bond motifs is 1. The minimum atomic E-state index is 0.685. The van der Waals surface area contributed by atoms with Crippen LogP contribution in [0, 0.1) is 0 Å². The predicted molar refractivity (Wildman–Crippen MR) is 99.0 cm³/mol. The van der Waals surface area contributed by atoms with Gasteiger partial charge in [0.2, 0.25) is 5.95 Å². The summed E-state index contributed by atoms with van der Waals surface area (Å²) in [6, 6.07) is 7.62. The normalized spacial score (nSPS) is 24.7. The van der Waals surface area contributed by atoms with Gasteiger partial charge in [-0.05, 0) is 25.0 Å². The number of hydrogen-bond donors (Lipinski definition) is 0. The van der Waals surface area contributed by atoms with E-state index in [4.69, 9.17) is 0 Å². The third-order valence-electron chi connectivity index (χ3n) is 6.40. The molecule has 2 aromatic rings. The van der Waals surface area contributed by atoms with Crippen molar-refractivity contribution >= 4 is 11.6 Å². The lowest BCUT2D eigenvalue weighted by Crippen LogP contribution is -2.64. The molecule has 0 spiro atoms. The lowest BCUT2D eigenvalue weighted by molar-refractivity contribution is 0.0485. The molecule has 5 rings (SSSR count). The number of piperazine rings is 1. The summed E-state index contributed by atoms with van der Waals surface area (Å²) in [5.41, 5.74) is 0.932. The van der Waals surface area contributed by atoms with Crippen LogP contribution in [-0.4, -0.2) is 75.8 Å². The first-order valence-corrected chi connectivity index (χ1v) is 9.91. The van der Waals surface area contributed by atoms with Gasteiger partial charge in [-0.25, -0.2) is 0 Å². The molecule has 4 heterocycles. The van der Waals surface area contributed by atoms with Gasteiger partial charge in [0.1, 0.15) is 0 Å². The van der Waals surface area contributed by atoms with E-state index < -0.39 is 0 Å². The fraction of sp³-hybridized carbons (Fsp3) is 0.684. The van der Waals surface area contributed by atoms with Crippen molar-refractivity contribution in [1.29, 1.82) is 0 Å². The Morgan fingerprint density at radius 1 is 0.800 bits per heavy atom. The van der Waals surface area contributed by atoms with Crippen molar-refractivity contribution in [3.63, 3.8) is 0 Å². The van der Waals surface area contributed by atoms with Crippen molar-refractivity contribution in [1.82, 2.24) is 24.4 Å². The SMILES string of the molecule is c1ccn2c(N3CC(N4CCN(C5CCCCC5)CC4)C3)nnc2c1. The minimum absolute atomic E-state index is 0.685. The molecule has 0 unspecified atom stereocenters. The average molecular weight is 340 g/mol. The zero-order valence-corrected chi connectivity index (χ0v) is 14.9. The highest BCUT2D eigenvalue weighted by molar-refractivity contribution is 5.48. The van der Waals surface area contributed by atoms with Gasteiger partial charge in [-0.1, -0.05) is 25.3 Å². The van der Waals surface area contributed by atoms with Gasteiger partial charge in [0, 0.05) is 57.5 Å². The fourth-order valence-electron chi connectivity index (χ4n) is 4.81. The van der Waals surface area contributed by atoms with E-state index in [0.717, 1.165) is 30.7 Å². The average Bonchev–Trinajstić information content (AvgIpc) is 3.06. The van der Waals surface area contributed by atoms with Crippen LogP contribution in [-0.2, 0) is 0 Å². The zero-order chi connectivity index (χ0) is 16.6. The topological polar surface area (TPSA) is 39.9 Å². The molecule has 25 heavy (non-hydrogen) atoms. The van der Waals surface area contributed by atoms with Crippen LogP contribution in [0.25, 0.3) is 5.65 Å². The fourth-order valence-corrected chi connectivity index (χ4v) is 4.81. The Kier molecular flexibility index (Phi) is 4.10. The third-order valence-corrected chi connectivity index (χ3v) is 6.40. The highest BCUT2D eigenvalue weighted by Gasteiger charge is 2.36. The highest BCUT2D eigenvalue weighted by atomic mass is 15.4. The maximum absolute atomic E-state index is 4.38. The van der Waals surface area contributed by atoms with E-state index in [0.29, 0.717) is 6.04 Å². The summed E-state index contributed by atoms with van der Waals surface area (Å²) in [7, 11) is 0. The van der Waals surface area contributed by atoms with Crippen molar-refractivity contribution in [2.45, 2.75) is 44.2 Å². The molecule has 134 valence electrons. The summed E-state index contributed by atoms with van der Waals surface area (Å²) >= 11 is 0. The number of pyridine rings is 1. The summed E-state index contributed by atoms with van der Waals surface area (Å²) < 4.78 is 2.09. The third kappa shape index (κ3) is 2.91. The summed E-state index contributed by atoms with van der Waals surface area (Å²) in [6.07, 6.45) is 9.24. The molecule has 3 fully saturated rings. The second-order valence-corrected chi connectivity index (χ2v) is 7.85. The van der Waals surface area contributed by atoms with E-state index in [1.54, 1.807) is 0 Å². The molecule has 3 aliphatic rings. The van der Waals surface area contributed by atoms with Gasteiger partial charge in [-0.3, -0.25) is 14.2 Å². The largest absolute Gasteiger partial charge is 0.337 e. The molecule has 0 atom stereocenters. The van der Waals surface area contributed by atoms with Gasteiger partial charge in [-0.15, -0.1) is 10.2 Å². The van der Waals surface area contributed by atoms with Gasteiger partial charge in [0.15, 0.2) is 5.65 Å². The van der Waals surface area contributed by atoms with E-state index >= 15 is 0 Å². The van der Waals surface area contributed by atoms with Crippen molar-refractivity contribution < 1.29 is 0 Å². The maximum Gasteiger partial charge on any atom is 0.231 e. The molecule has 0 amide bonds. The molecule has 0 aromatic carbocycles. The number of anilines is 1. The Bertz CT molecular complexity index is 708. The van der Waals surface area contributed by atoms with Crippen LogP contribution in [0.3, 0.4) is 0 Å². The predicted octanol–water partition coefficient (Wildman–Crippen LogP) is 1.87. The van der Waals surface area contributed by atoms with Gasteiger partial charge in [-0.2, -0.15) is 0 Å². The number of rotatable bonds is 3. The molecule has 6 nitrogen and oxygen atoms in total. The number of nitrogens with zero attached hydrogens (tertiary/aromatic N) is 6. The molecule has 1 saturated carbocycles. The molecule has 0 radical (unpaired) electrons. The van der Waals surface area contributed by atoms with E-state index in [2.05, 4.69) is 35.5 Å². The Hall–Kier alpha value is -1.66. The Balaban J connectivity index is 1.15. The smallest absolute Gasteiger partial charge is 0.231 e. The van der Waals surface area contributed by atoms with Gasteiger partial charge in [0.05, 0.1) is 0 Å². The van der Waals surface area contributed by atoms with Crippen LogP contribution in [0.4, 0.5) is 5.95 Å². The molecule has 6 heteroatoms. The maximum atomic E-state index is 4.38. The van der Waals surface area contributed by atoms with Crippen LogP contribution in [0.1, 0.15) is 32.1 Å². The Morgan fingerprint density at radius 2 is 1.52 bits per heavy atom. The van der Waals surface area contributed by atoms with Crippen molar-refractivity contribution in [3.8, 4) is 0 Å². The molecular weight excluding hydrogens is 312 g/mol. The van der Waals surface area contributed by atoms with Crippen LogP contribution in [0.2, 0.25) is 0 Å². The standard InChI is InChI=1S/C19H28N6/c1-2-6-16(7-3-1)22-10-12-23(13-11-22)17-14-24(15-17)19-21-20-18-8-4-5-9-25(18)19/h4-5,8-9,16-17H,1-3,6-7,10-15H2. The molecule has 2 aromatic heterocycles. The second kappa shape index (κ2) is 6.57. The number of hydrogen-bond acceptors (Lipinski definition) is 5. The first-order valence-electron chi connectivity index (χ1n) is 9.91. The van der Waals surface area contributed by atoms with Crippen molar-refractivity contribution in [3.05, 3.63) is 24.4 Å². The second-order valence-electron chi connectivity index (χ2n) is 7.85. The van der Waals surface area contributed by atoms with E-state index in [1.807, 2.05) is 18.2 Å². The van der Waals surface area contributed by atoms with E-state index in [1.165, 1.54) is 58.3 Å². The first kappa shape index (κ1) is 15.6. The molecule has 2 saturated heterocycles. The first-order chi connectivity index (χ1) is 12.4. The molecule has 2 aliphatic heterocycles. The van der Waals surface area contributed by atoms with Crippen LogP contribution in [0.5, 0.6) is 0 Å². The van der Waals surface area contributed by atoms with Crippen molar-refractivity contribution in [2.24, 2.45) is 0 Å². The summed E-state index contributed by atoms with van der Waals surface area (Å²) in [5, 5.41) is 8.65. The Morgan fingerprint density at radius 3 is 2.28 bits per heavy atom. The monoisotopic (exact) mass is 340 g/mol. The van der Waals surface area contributed by atoms with E-state index in [9.17, 15) is 0 Å². The van der Waals surface area contributed by atoms with Gasteiger partial charge in [0.25, 0.3) is 0 Å². The minimum Gasteiger partial charge on any atom is -0.337 e.